The quantitative estimate of drug-likeness (QED) is 0.199. The largest absolute Gasteiger partial charge is 0.303 e. The zero-order chi connectivity index (χ0) is 25.0. The second kappa shape index (κ2) is 13.9. The van der Waals surface area contributed by atoms with Gasteiger partial charge in [-0.25, -0.2) is 0 Å². The molecule has 0 saturated carbocycles. The second-order valence-electron chi connectivity index (χ2n) is 7.18. The van der Waals surface area contributed by atoms with E-state index in [0.717, 1.165) is 17.4 Å². The third kappa shape index (κ3) is 8.11. The average Bonchev–Trinajstić information content (AvgIpc) is 2.82. The molecule has 0 heterocycles. The van der Waals surface area contributed by atoms with Crippen LogP contribution in [0.25, 0.3) is 0 Å². The normalized spacial score (nSPS) is 13.7. The van der Waals surface area contributed by atoms with Gasteiger partial charge in [0.25, 0.3) is 10.1 Å². The first kappa shape index (κ1) is 28.6. The van der Waals surface area contributed by atoms with Crippen molar-refractivity contribution in [1.29, 1.82) is 0 Å². The van der Waals surface area contributed by atoms with Crippen molar-refractivity contribution in [2.45, 2.75) is 52.0 Å². The molecule has 2 rings (SSSR count). The Bertz CT molecular complexity index is 1090. The fourth-order valence-electron chi connectivity index (χ4n) is 3.29. The monoisotopic (exact) mass is 488 g/mol. The Morgan fingerprint density at radius 2 is 1.76 bits per heavy atom. The van der Waals surface area contributed by atoms with E-state index in [9.17, 15) is 13.2 Å². The number of hydrogen-bond donors (Lipinski definition) is 0. The molecule has 2 unspecified atom stereocenters. The highest BCUT2D eigenvalue weighted by atomic mass is 35.5. The number of carbonyl (C=O) groups excluding carboxylic acids is 1. The molecule has 0 aromatic heterocycles. The summed E-state index contributed by atoms with van der Waals surface area (Å²) in [6.45, 7) is 13.0. The maximum absolute atomic E-state index is 13.2. The predicted octanol–water partition coefficient (Wildman–Crippen LogP) is 7.32. The first-order valence-corrected chi connectivity index (χ1v) is 12.7. The zero-order valence-corrected chi connectivity index (χ0v) is 21.5. The predicted molar refractivity (Wildman–Crippen MR) is 137 cm³/mol. The highest BCUT2D eigenvalue weighted by Gasteiger charge is 2.28. The van der Waals surface area contributed by atoms with Gasteiger partial charge in [0.2, 0.25) is 0 Å². The Morgan fingerprint density at radius 1 is 1.12 bits per heavy atom. The molecular formula is C27H33ClO4S. The van der Waals surface area contributed by atoms with Gasteiger partial charge in [-0.1, -0.05) is 92.7 Å². The summed E-state index contributed by atoms with van der Waals surface area (Å²) in [5.41, 5.74) is 2.75. The van der Waals surface area contributed by atoms with Crippen molar-refractivity contribution in [3.05, 3.63) is 101 Å². The molecule has 0 aliphatic heterocycles. The third-order valence-electron chi connectivity index (χ3n) is 4.96. The lowest BCUT2D eigenvalue weighted by molar-refractivity contribution is -0.110. The molecule has 0 amide bonds. The molecule has 4 nitrogen and oxygen atoms in total. The van der Waals surface area contributed by atoms with Crippen molar-refractivity contribution in [1.82, 2.24) is 0 Å². The van der Waals surface area contributed by atoms with Gasteiger partial charge in [0.15, 0.2) is 0 Å². The third-order valence-corrected chi connectivity index (χ3v) is 6.83. The van der Waals surface area contributed by atoms with Crippen LogP contribution in [0.4, 0.5) is 0 Å². The summed E-state index contributed by atoms with van der Waals surface area (Å²) in [7, 11) is -4.13. The molecule has 2 atom stereocenters. The summed E-state index contributed by atoms with van der Waals surface area (Å²) in [5, 5.41) is 0.348. The molecule has 0 saturated heterocycles. The van der Waals surface area contributed by atoms with Crippen molar-refractivity contribution in [3.63, 3.8) is 0 Å². The molecule has 0 aliphatic carbocycles. The molecule has 6 heteroatoms. The first-order chi connectivity index (χ1) is 15.7. The summed E-state index contributed by atoms with van der Waals surface area (Å²) in [5.74, 6) is -0.552. The van der Waals surface area contributed by atoms with E-state index in [4.69, 9.17) is 15.8 Å². The number of aldehydes is 1. The van der Waals surface area contributed by atoms with E-state index in [-0.39, 0.29) is 11.3 Å². The lowest BCUT2D eigenvalue weighted by atomic mass is 9.91. The first-order valence-electron chi connectivity index (χ1n) is 10.9. The van der Waals surface area contributed by atoms with Crippen LogP contribution in [0.3, 0.4) is 0 Å². The van der Waals surface area contributed by atoms with Gasteiger partial charge in [0.1, 0.15) is 12.4 Å². The molecule has 0 bridgehead atoms. The topological polar surface area (TPSA) is 60.4 Å². The van der Waals surface area contributed by atoms with E-state index in [2.05, 4.69) is 6.58 Å². The second-order valence-corrected chi connectivity index (χ2v) is 9.13. The highest BCUT2D eigenvalue weighted by molar-refractivity contribution is 7.86. The van der Waals surface area contributed by atoms with Crippen molar-refractivity contribution < 1.29 is 17.4 Å². The van der Waals surface area contributed by atoms with Crippen molar-refractivity contribution in [2.75, 3.05) is 0 Å². The minimum atomic E-state index is -4.13. The van der Waals surface area contributed by atoms with Gasteiger partial charge < -0.3 is 4.79 Å². The summed E-state index contributed by atoms with van der Waals surface area (Å²) in [6.07, 6.45) is 7.07. The molecule has 33 heavy (non-hydrogen) atoms. The molecule has 2 aromatic rings. The SMILES string of the molecule is C=C/C=C\C(=C/C)C(C=O)CC(OS(=O)(=O)c1cc(Cl)c(C)cc1C)c1ccccc1.CC. The van der Waals surface area contributed by atoms with Gasteiger partial charge in [-0.2, -0.15) is 8.42 Å². The number of benzene rings is 2. The molecule has 0 fully saturated rings. The van der Waals surface area contributed by atoms with E-state index in [1.54, 1.807) is 55.5 Å². The van der Waals surface area contributed by atoms with E-state index in [0.29, 0.717) is 16.1 Å². The fraction of sp³-hybridized carbons (Fsp3) is 0.296. The van der Waals surface area contributed by atoms with Crippen LogP contribution in [0.5, 0.6) is 0 Å². The minimum absolute atomic E-state index is 0.0181. The minimum Gasteiger partial charge on any atom is -0.303 e. The van der Waals surface area contributed by atoms with Crippen LogP contribution in [-0.4, -0.2) is 14.7 Å². The van der Waals surface area contributed by atoms with Crippen molar-refractivity contribution in [2.24, 2.45) is 5.92 Å². The van der Waals surface area contributed by atoms with Crippen LogP contribution in [-0.2, 0) is 19.1 Å². The number of halogens is 1. The lowest BCUT2D eigenvalue weighted by Gasteiger charge is -2.22. The summed E-state index contributed by atoms with van der Waals surface area (Å²) >= 11 is 6.17. The van der Waals surface area contributed by atoms with Crippen molar-refractivity contribution in [3.8, 4) is 0 Å². The van der Waals surface area contributed by atoms with Gasteiger partial charge >= 0.3 is 0 Å². The smallest absolute Gasteiger partial charge is 0.297 e. The Hall–Kier alpha value is -2.47. The average molecular weight is 489 g/mol. The van der Waals surface area contributed by atoms with E-state index in [1.807, 2.05) is 39.8 Å². The van der Waals surface area contributed by atoms with Crippen molar-refractivity contribution >= 4 is 28.0 Å². The molecule has 0 aliphatic rings. The van der Waals surface area contributed by atoms with E-state index < -0.39 is 22.1 Å². The molecule has 2 aromatic carbocycles. The Kier molecular flexibility index (Phi) is 12.1. The van der Waals surface area contributed by atoms with Gasteiger partial charge in [-0.05, 0) is 55.5 Å². The number of carbonyl (C=O) groups is 1. The van der Waals surface area contributed by atoms with Gasteiger partial charge in [0.05, 0.1) is 4.90 Å². The number of aryl methyl sites for hydroxylation is 2. The number of allylic oxidation sites excluding steroid dienone is 5. The maximum Gasteiger partial charge on any atom is 0.297 e. The van der Waals surface area contributed by atoms with Crippen LogP contribution in [0.15, 0.2) is 83.8 Å². The molecular weight excluding hydrogens is 456 g/mol. The Balaban J connectivity index is 0.00000265. The van der Waals surface area contributed by atoms with Gasteiger partial charge in [-0.15, -0.1) is 0 Å². The highest BCUT2D eigenvalue weighted by Crippen LogP contribution is 2.33. The molecule has 0 N–H and O–H groups in total. The molecule has 0 spiro atoms. The Morgan fingerprint density at radius 3 is 2.30 bits per heavy atom. The summed E-state index contributed by atoms with van der Waals surface area (Å²) in [4.78, 5) is 11.9. The van der Waals surface area contributed by atoms with Crippen LogP contribution in [0, 0.1) is 19.8 Å². The fourth-order valence-corrected chi connectivity index (χ4v) is 4.84. The molecule has 0 radical (unpaired) electrons. The van der Waals surface area contributed by atoms with Crippen LogP contribution in [0.2, 0.25) is 5.02 Å². The van der Waals surface area contributed by atoms with E-state index >= 15 is 0 Å². The summed E-state index contributed by atoms with van der Waals surface area (Å²) in [6, 6.07) is 12.1. The maximum atomic E-state index is 13.2. The van der Waals surface area contributed by atoms with Gasteiger partial charge in [-0.3, -0.25) is 4.18 Å². The standard InChI is InChI=1S/C25H27ClO4S.C2H6/c1-5-7-11-20(6-2)22(17-27)15-24(21-12-9-8-10-13-21)30-31(28,29)25-16-23(26)18(3)14-19(25)4;1-2/h5-14,16-17,22,24H,1,15H2,2-4H3;1-2H3/b11-7-,20-6+;. The van der Waals surface area contributed by atoms with Gasteiger partial charge in [0, 0.05) is 10.9 Å². The Labute approximate surface area is 203 Å². The van der Waals surface area contributed by atoms with Crippen LogP contribution < -0.4 is 0 Å². The van der Waals surface area contributed by atoms with E-state index in [1.165, 1.54) is 6.07 Å². The number of rotatable bonds is 10. The summed E-state index contributed by atoms with van der Waals surface area (Å²) < 4.78 is 32.0. The van der Waals surface area contributed by atoms with Crippen LogP contribution in [0.1, 0.15) is 50.0 Å². The zero-order valence-electron chi connectivity index (χ0n) is 19.9. The molecule has 178 valence electrons. The lowest BCUT2D eigenvalue weighted by Crippen LogP contribution is -2.18. The number of hydrogen-bond acceptors (Lipinski definition) is 4. The van der Waals surface area contributed by atoms with Crippen LogP contribution >= 0.6 is 11.6 Å².